The molecule has 0 bridgehead atoms. The molecule has 0 aliphatic heterocycles. The molecule has 3 heterocycles. The molecule has 0 fully saturated rings. The first-order chi connectivity index (χ1) is 38.2. The van der Waals surface area contributed by atoms with Gasteiger partial charge in [0.15, 0.2) is 16.3 Å². The van der Waals surface area contributed by atoms with E-state index in [1.165, 1.54) is 0 Å². The van der Waals surface area contributed by atoms with E-state index in [1.54, 1.807) is 146 Å². The van der Waals surface area contributed by atoms with Gasteiger partial charge < -0.3 is 42.8 Å². The van der Waals surface area contributed by atoms with Crippen LogP contribution in [0.1, 0.15) is 16.7 Å². The summed E-state index contributed by atoms with van der Waals surface area (Å²) in [6, 6.07) is 70.6. The van der Waals surface area contributed by atoms with Crippen molar-refractivity contribution < 1.29 is 59.9 Å². The molecule has 12 nitrogen and oxygen atoms in total. The van der Waals surface area contributed by atoms with E-state index in [9.17, 15) is 29.7 Å². The maximum absolute atomic E-state index is 12.3. The molecule has 3 aromatic heterocycles. The van der Waals surface area contributed by atoms with Crippen molar-refractivity contribution in [1.82, 2.24) is 0 Å². The van der Waals surface area contributed by atoms with E-state index in [-0.39, 0.29) is 34.3 Å². The predicted octanol–water partition coefficient (Wildman–Crippen LogP) is 12.3. The Hall–Kier alpha value is -10.1. The van der Waals surface area contributed by atoms with E-state index >= 15 is 0 Å². The molecule has 389 valence electrons. The van der Waals surface area contributed by atoms with Gasteiger partial charge >= 0.3 is 17.1 Å². The second-order valence-electron chi connectivity index (χ2n) is 17.7. The van der Waals surface area contributed by atoms with Gasteiger partial charge in [-0.25, -0.2) is 0 Å². The summed E-state index contributed by atoms with van der Waals surface area (Å²) in [5, 5.41) is 37.9. The number of hydrogen-bond donors (Lipinski definition) is 0. The van der Waals surface area contributed by atoms with Crippen LogP contribution < -0.4 is 45.8 Å². The molecule has 0 aliphatic rings. The number of para-hydroxylation sites is 3. The quantitative estimate of drug-likeness (QED) is 0.105. The first-order valence-corrected chi connectivity index (χ1v) is 24.7. The molecule has 0 aliphatic carbocycles. The molecule has 13 heteroatoms. The summed E-state index contributed by atoms with van der Waals surface area (Å²) in [5.74, 6) is 0.245. The molecule has 0 saturated heterocycles. The SMILES string of the molecule is O=c1c([O-])c(-c2ccc(OCc3ccccc3)cc2)oc2ccccc12.O=c1c([O-])c(-c2ccc(OCc3ccccc3)cc2)oc2ccccc12.O=c1c([O-])c(-c2ccc(OCc3ccccc3)cc2)oc2ccccc12.[Fe+3]. The number of benzene rings is 9. The topological polar surface area (TPSA) is 188 Å². The zero-order valence-electron chi connectivity index (χ0n) is 41.9. The van der Waals surface area contributed by atoms with E-state index in [2.05, 4.69) is 0 Å². The number of rotatable bonds is 12. The normalized spacial score (nSPS) is 10.6. The van der Waals surface area contributed by atoms with Crippen LogP contribution in [0, 0.1) is 0 Å². The Morgan fingerprint density at radius 1 is 0.291 bits per heavy atom. The van der Waals surface area contributed by atoms with Crippen molar-refractivity contribution in [3.05, 3.63) is 284 Å². The monoisotopic (exact) mass is 1090 g/mol. The van der Waals surface area contributed by atoms with Crippen molar-refractivity contribution in [3.8, 4) is 68.5 Å². The minimum absolute atomic E-state index is 0. The van der Waals surface area contributed by atoms with Crippen LogP contribution >= 0.6 is 0 Å². The summed E-state index contributed by atoms with van der Waals surface area (Å²) in [4.78, 5) is 36.8. The maximum Gasteiger partial charge on any atom is 3.00 e. The van der Waals surface area contributed by atoms with Crippen LogP contribution in [-0.4, -0.2) is 0 Å². The van der Waals surface area contributed by atoms with Crippen molar-refractivity contribution in [1.29, 1.82) is 0 Å². The summed E-state index contributed by atoms with van der Waals surface area (Å²) in [7, 11) is 0. The summed E-state index contributed by atoms with van der Waals surface area (Å²) < 4.78 is 34.2. The van der Waals surface area contributed by atoms with E-state index in [1.807, 2.05) is 91.0 Å². The molecule has 1 radical (unpaired) electrons. The summed E-state index contributed by atoms with van der Waals surface area (Å²) in [5.41, 5.74) is 4.39. The number of fused-ring (bicyclic) bond motifs is 3. The third-order valence-corrected chi connectivity index (χ3v) is 12.4. The molecular formula is C66H45FeO12. The van der Waals surface area contributed by atoms with Crippen molar-refractivity contribution >= 4 is 32.9 Å². The largest absolute Gasteiger partial charge is 3.00 e. The van der Waals surface area contributed by atoms with Crippen molar-refractivity contribution in [2.24, 2.45) is 0 Å². The zero-order chi connectivity index (χ0) is 53.8. The fourth-order valence-corrected chi connectivity index (χ4v) is 8.28. The standard InChI is InChI=1S/3C22H16O4.Fe/c3*23-20-18-8-4-5-9-19(18)26-22(21(20)24)16-10-12-17(13-11-16)25-14-15-6-2-1-3-7-15;/h3*1-13,24H,14H2;/q;;;+3/p-3. The van der Waals surface area contributed by atoms with Gasteiger partial charge in [-0.1, -0.05) is 127 Å². The smallest absolute Gasteiger partial charge is 0.867 e. The van der Waals surface area contributed by atoms with Gasteiger partial charge in [0.2, 0.25) is 0 Å². The van der Waals surface area contributed by atoms with E-state index in [0.29, 0.717) is 86.7 Å². The Kier molecular flexibility index (Phi) is 17.1. The summed E-state index contributed by atoms with van der Waals surface area (Å²) in [6.45, 7) is 1.37. The average Bonchev–Trinajstić information content (AvgIpc) is 3.53. The molecule has 0 saturated carbocycles. The van der Waals surface area contributed by atoms with Crippen LogP contribution in [0.15, 0.2) is 264 Å². The van der Waals surface area contributed by atoms with Crippen LogP contribution in [-0.2, 0) is 36.9 Å². The fraction of sp³-hybridized carbons (Fsp3) is 0.0455. The predicted molar refractivity (Wildman–Crippen MR) is 294 cm³/mol. The Bertz CT molecular complexity index is 3730. The molecule has 0 atom stereocenters. The molecule has 0 amide bonds. The Labute approximate surface area is 462 Å². The Morgan fingerprint density at radius 3 is 0.772 bits per heavy atom. The van der Waals surface area contributed by atoms with Crippen LogP contribution in [0.25, 0.3) is 66.9 Å². The van der Waals surface area contributed by atoms with Crippen LogP contribution in [0.2, 0.25) is 0 Å². The van der Waals surface area contributed by atoms with E-state index < -0.39 is 33.5 Å². The Morgan fingerprint density at radius 2 is 0.519 bits per heavy atom. The molecule has 0 spiro atoms. The second-order valence-corrected chi connectivity index (χ2v) is 17.7. The molecule has 79 heavy (non-hydrogen) atoms. The minimum atomic E-state index is -0.637. The molecule has 0 unspecified atom stereocenters. The summed E-state index contributed by atoms with van der Waals surface area (Å²) in [6.07, 6.45) is 0. The number of ether oxygens (including phenoxy) is 3. The summed E-state index contributed by atoms with van der Waals surface area (Å²) >= 11 is 0. The van der Waals surface area contributed by atoms with E-state index in [4.69, 9.17) is 27.5 Å². The minimum Gasteiger partial charge on any atom is -0.867 e. The average molecular weight is 1090 g/mol. The van der Waals surface area contributed by atoms with Crippen LogP contribution in [0.3, 0.4) is 0 Å². The molecular weight excluding hydrogens is 1040 g/mol. The van der Waals surface area contributed by atoms with Crippen molar-refractivity contribution in [2.45, 2.75) is 19.8 Å². The first-order valence-electron chi connectivity index (χ1n) is 24.7. The van der Waals surface area contributed by atoms with Gasteiger partial charge in [-0.2, -0.15) is 0 Å². The molecule has 12 aromatic rings. The molecule has 9 aromatic carbocycles. The first kappa shape index (κ1) is 53.7. The molecule has 0 N–H and O–H groups in total. The van der Waals surface area contributed by atoms with Gasteiger partial charge in [0.05, 0.1) is 16.2 Å². The maximum atomic E-state index is 12.3. The van der Waals surface area contributed by atoms with Gasteiger partial charge in [-0.15, -0.1) is 0 Å². The zero-order valence-corrected chi connectivity index (χ0v) is 43.0. The third-order valence-electron chi connectivity index (χ3n) is 12.4. The van der Waals surface area contributed by atoms with Gasteiger partial charge in [0.1, 0.15) is 71.1 Å². The van der Waals surface area contributed by atoms with E-state index in [0.717, 1.165) is 16.7 Å². The van der Waals surface area contributed by atoms with Crippen molar-refractivity contribution in [2.75, 3.05) is 0 Å². The number of hydrogen-bond acceptors (Lipinski definition) is 12. The van der Waals surface area contributed by atoms with Crippen molar-refractivity contribution in [3.63, 3.8) is 0 Å². The molecule has 12 rings (SSSR count). The fourth-order valence-electron chi connectivity index (χ4n) is 8.28. The van der Waals surface area contributed by atoms with Gasteiger partial charge in [-0.05, 0) is 143 Å². The van der Waals surface area contributed by atoms with Gasteiger partial charge in [0, 0.05) is 16.7 Å². The third kappa shape index (κ3) is 12.8. The van der Waals surface area contributed by atoms with Gasteiger partial charge in [0.25, 0.3) is 0 Å². The van der Waals surface area contributed by atoms with Crippen LogP contribution in [0.5, 0.6) is 34.5 Å². The Balaban J connectivity index is 0.000000143. The second kappa shape index (κ2) is 25.2. The van der Waals surface area contributed by atoms with Crippen LogP contribution in [0.4, 0.5) is 0 Å². The van der Waals surface area contributed by atoms with Gasteiger partial charge in [-0.3, -0.25) is 14.4 Å².